The van der Waals surface area contributed by atoms with Gasteiger partial charge in [0.2, 0.25) is 0 Å². The second-order valence-electron chi connectivity index (χ2n) is 5.37. The minimum Gasteiger partial charge on any atom is -0.496 e. The molecule has 20 heavy (non-hydrogen) atoms. The van der Waals surface area contributed by atoms with E-state index in [4.69, 9.17) is 27.9 Å². The number of ether oxygens (including phenoxy) is 1. The molecule has 0 aromatic heterocycles. The number of hydrogen-bond acceptors (Lipinski definition) is 2. The summed E-state index contributed by atoms with van der Waals surface area (Å²) in [5.74, 6) is 0.932. The van der Waals surface area contributed by atoms with Gasteiger partial charge in [0.05, 0.1) is 12.7 Å². The highest BCUT2D eigenvalue weighted by molar-refractivity contribution is 6.30. The molecule has 1 fully saturated rings. The number of carbonyl (C=O) groups excluding carboxylic acids is 1. The van der Waals surface area contributed by atoms with Gasteiger partial charge in [-0.1, -0.05) is 24.4 Å². The lowest BCUT2D eigenvalue weighted by Gasteiger charge is -2.26. The van der Waals surface area contributed by atoms with Crippen molar-refractivity contribution < 1.29 is 9.53 Å². The Hall–Kier alpha value is -0.930. The van der Waals surface area contributed by atoms with Crippen molar-refractivity contribution in [2.24, 2.45) is 5.41 Å². The predicted molar refractivity (Wildman–Crippen MR) is 82.0 cm³/mol. The Bertz CT molecular complexity index is 485. The molecule has 3 nitrogen and oxygen atoms in total. The van der Waals surface area contributed by atoms with Gasteiger partial charge in [0.1, 0.15) is 5.75 Å². The van der Waals surface area contributed by atoms with Crippen LogP contribution in [0, 0.1) is 5.41 Å². The van der Waals surface area contributed by atoms with E-state index in [0.29, 0.717) is 28.8 Å². The number of carbonyl (C=O) groups is 1. The molecule has 1 amide bonds. The zero-order valence-corrected chi connectivity index (χ0v) is 13.1. The molecule has 0 atom stereocenters. The van der Waals surface area contributed by atoms with Crippen LogP contribution in [-0.4, -0.2) is 25.4 Å². The molecule has 1 aromatic carbocycles. The standard InChI is InChI=1S/C15H19Cl2NO2/c1-20-13-8-11(17)4-5-12(13)14(19)18-10-15(9-16)6-2-3-7-15/h4-5,8H,2-3,6-7,9-10H2,1H3,(H,18,19). The van der Waals surface area contributed by atoms with Crippen LogP contribution >= 0.6 is 23.2 Å². The molecule has 0 heterocycles. The highest BCUT2D eigenvalue weighted by Gasteiger charge is 2.33. The number of benzene rings is 1. The van der Waals surface area contributed by atoms with Gasteiger partial charge in [0, 0.05) is 22.9 Å². The van der Waals surface area contributed by atoms with Gasteiger partial charge in [-0.05, 0) is 31.0 Å². The first kappa shape index (κ1) is 15.5. The van der Waals surface area contributed by atoms with Crippen molar-refractivity contribution in [1.29, 1.82) is 0 Å². The van der Waals surface area contributed by atoms with Gasteiger partial charge in [-0.3, -0.25) is 4.79 Å². The fourth-order valence-electron chi connectivity index (χ4n) is 2.70. The van der Waals surface area contributed by atoms with E-state index in [-0.39, 0.29) is 11.3 Å². The van der Waals surface area contributed by atoms with Gasteiger partial charge < -0.3 is 10.1 Å². The van der Waals surface area contributed by atoms with Crippen LogP contribution in [0.1, 0.15) is 36.0 Å². The van der Waals surface area contributed by atoms with E-state index in [1.807, 2.05) is 0 Å². The number of hydrogen-bond donors (Lipinski definition) is 1. The maximum absolute atomic E-state index is 12.3. The van der Waals surface area contributed by atoms with Crippen molar-refractivity contribution in [3.8, 4) is 5.75 Å². The van der Waals surface area contributed by atoms with Crippen LogP contribution in [0.15, 0.2) is 18.2 Å². The molecule has 0 unspecified atom stereocenters. The molecule has 2 rings (SSSR count). The van der Waals surface area contributed by atoms with Crippen molar-refractivity contribution in [2.45, 2.75) is 25.7 Å². The maximum atomic E-state index is 12.3. The SMILES string of the molecule is COc1cc(Cl)ccc1C(=O)NCC1(CCl)CCCC1. The lowest BCUT2D eigenvalue weighted by atomic mass is 9.88. The average molecular weight is 316 g/mol. The molecular formula is C15H19Cl2NO2. The zero-order chi connectivity index (χ0) is 14.6. The summed E-state index contributed by atoms with van der Waals surface area (Å²) in [6.07, 6.45) is 4.53. The fraction of sp³-hybridized carbons (Fsp3) is 0.533. The molecule has 0 spiro atoms. The number of amides is 1. The van der Waals surface area contributed by atoms with Crippen LogP contribution in [0.4, 0.5) is 0 Å². The van der Waals surface area contributed by atoms with Crippen LogP contribution in [0.3, 0.4) is 0 Å². The maximum Gasteiger partial charge on any atom is 0.255 e. The summed E-state index contributed by atoms with van der Waals surface area (Å²) in [5, 5.41) is 3.53. The van der Waals surface area contributed by atoms with Crippen molar-refractivity contribution in [2.75, 3.05) is 19.5 Å². The normalized spacial score (nSPS) is 16.9. The van der Waals surface area contributed by atoms with Crippen molar-refractivity contribution in [1.82, 2.24) is 5.32 Å². The molecule has 1 aliphatic carbocycles. The van der Waals surface area contributed by atoms with E-state index in [0.717, 1.165) is 12.8 Å². The van der Waals surface area contributed by atoms with E-state index in [9.17, 15) is 4.79 Å². The monoisotopic (exact) mass is 315 g/mol. The van der Waals surface area contributed by atoms with Crippen molar-refractivity contribution in [3.05, 3.63) is 28.8 Å². The van der Waals surface area contributed by atoms with E-state index in [1.54, 1.807) is 18.2 Å². The van der Waals surface area contributed by atoms with Crippen LogP contribution in [-0.2, 0) is 0 Å². The Labute approximate surface area is 129 Å². The highest BCUT2D eigenvalue weighted by Crippen LogP contribution is 2.38. The molecule has 1 aromatic rings. The van der Waals surface area contributed by atoms with Crippen LogP contribution < -0.4 is 10.1 Å². The molecule has 110 valence electrons. The number of rotatable bonds is 5. The number of halogens is 2. The molecular weight excluding hydrogens is 297 g/mol. The number of alkyl halides is 1. The Morgan fingerprint density at radius 3 is 2.70 bits per heavy atom. The second-order valence-corrected chi connectivity index (χ2v) is 6.07. The molecule has 0 bridgehead atoms. The molecule has 1 saturated carbocycles. The first-order valence-electron chi connectivity index (χ1n) is 6.78. The number of methoxy groups -OCH3 is 1. The lowest BCUT2D eigenvalue weighted by Crippen LogP contribution is -2.37. The van der Waals surface area contributed by atoms with Gasteiger partial charge in [-0.25, -0.2) is 0 Å². The largest absolute Gasteiger partial charge is 0.496 e. The number of nitrogens with one attached hydrogen (secondary N) is 1. The van der Waals surface area contributed by atoms with E-state index < -0.39 is 0 Å². The van der Waals surface area contributed by atoms with Crippen LogP contribution in [0.25, 0.3) is 0 Å². The topological polar surface area (TPSA) is 38.3 Å². The van der Waals surface area contributed by atoms with Crippen molar-refractivity contribution >= 4 is 29.1 Å². The van der Waals surface area contributed by atoms with E-state index in [1.165, 1.54) is 20.0 Å². The summed E-state index contributed by atoms with van der Waals surface area (Å²) < 4.78 is 5.20. The molecule has 1 aliphatic rings. The zero-order valence-electron chi connectivity index (χ0n) is 11.5. The highest BCUT2D eigenvalue weighted by atomic mass is 35.5. The van der Waals surface area contributed by atoms with E-state index >= 15 is 0 Å². The third-order valence-corrected chi connectivity index (χ3v) is 4.78. The molecule has 1 N–H and O–H groups in total. The Morgan fingerprint density at radius 1 is 1.40 bits per heavy atom. The molecule has 0 saturated heterocycles. The van der Waals surface area contributed by atoms with Crippen LogP contribution in [0.5, 0.6) is 5.75 Å². The van der Waals surface area contributed by atoms with Gasteiger partial charge in [0.25, 0.3) is 5.91 Å². The summed E-state index contributed by atoms with van der Waals surface area (Å²) in [7, 11) is 1.53. The Kier molecular flexibility index (Phi) is 5.17. The minimum atomic E-state index is -0.144. The first-order valence-corrected chi connectivity index (χ1v) is 7.69. The summed E-state index contributed by atoms with van der Waals surface area (Å²) in [5.41, 5.74) is 0.552. The minimum absolute atomic E-state index is 0.0525. The quantitative estimate of drug-likeness (QED) is 0.837. The summed E-state index contributed by atoms with van der Waals surface area (Å²) >= 11 is 12.0. The first-order chi connectivity index (χ1) is 9.60. The molecule has 0 radical (unpaired) electrons. The third-order valence-electron chi connectivity index (χ3n) is 3.98. The predicted octanol–water partition coefficient (Wildman–Crippen LogP) is 3.88. The molecule has 0 aliphatic heterocycles. The summed E-state index contributed by atoms with van der Waals surface area (Å²) in [6.45, 7) is 0.612. The third kappa shape index (κ3) is 3.39. The Morgan fingerprint density at radius 2 is 2.10 bits per heavy atom. The van der Waals surface area contributed by atoms with Crippen LogP contribution in [0.2, 0.25) is 5.02 Å². The second kappa shape index (κ2) is 6.68. The summed E-state index contributed by atoms with van der Waals surface area (Å²) in [6, 6.07) is 5.01. The summed E-state index contributed by atoms with van der Waals surface area (Å²) in [4.78, 5) is 12.3. The van der Waals surface area contributed by atoms with Gasteiger partial charge >= 0.3 is 0 Å². The molecule has 5 heteroatoms. The van der Waals surface area contributed by atoms with Crippen molar-refractivity contribution in [3.63, 3.8) is 0 Å². The van der Waals surface area contributed by atoms with Gasteiger partial charge in [-0.2, -0.15) is 0 Å². The van der Waals surface area contributed by atoms with Gasteiger partial charge in [-0.15, -0.1) is 11.6 Å². The Balaban J connectivity index is 2.05. The smallest absolute Gasteiger partial charge is 0.255 e. The fourth-order valence-corrected chi connectivity index (χ4v) is 3.22. The average Bonchev–Trinajstić information content (AvgIpc) is 2.94. The van der Waals surface area contributed by atoms with E-state index in [2.05, 4.69) is 5.32 Å². The lowest BCUT2D eigenvalue weighted by molar-refractivity contribution is 0.0932. The van der Waals surface area contributed by atoms with Gasteiger partial charge in [0.15, 0.2) is 0 Å².